The zero-order valence-corrected chi connectivity index (χ0v) is 6.72. The molecule has 10 heavy (non-hydrogen) atoms. The molecule has 0 saturated heterocycles. The van der Waals surface area contributed by atoms with Gasteiger partial charge in [0.25, 0.3) is 0 Å². The van der Waals surface area contributed by atoms with Crippen molar-refractivity contribution in [3.05, 3.63) is 23.3 Å². The summed E-state index contributed by atoms with van der Waals surface area (Å²) >= 11 is 0. The van der Waals surface area contributed by atoms with Gasteiger partial charge < -0.3 is 5.73 Å². The van der Waals surface area contributed by atoms with E-state index in [1.807, 2.05) is 0 Å². The minimum atomic E-state index is 0.273. The Hall–Kier alpha value is -0.560. The zero-order chi connectivity index (χ0) is 7.56. The molecule has 0 spiro atoms. The van der Waals surface area contributed by atoms with Gasteiger partial charge in [-0.25, -0.2) is 0 Å². The van der Waals surface area contributed by atoms with Crippen molar-refractivity contribution in [2.45, 2.75) is 32.7 Å². The molecule has 0 aromatic heterocycles. The molecule has 1 heteroatoms. The van der Waals surface area contributed by atoms with Crippen LogP contribution >= 0.6 is 0 Å². The van der Waals surface area contributed by atoms with Crippen LogP contribution in [0.2, 0.25) is 0 Å². The standard InChI is InChI=1S/C9H15N/c1-3-8-4-5-9(10)7(2)6-8/h4,6,9H,3,5,10H2,1-2H3/t9-/m1/s1. The Morgan fingerprint density at radius 1 is 1.70 bits per heavy atom. The lowest BCUT2D eigenvalue weighted by molar-refractivity contribution is 0.762. The Balaban J connectivity index is 2.69. The van der Waals surface area contributed by atoms with E-state index >= 15 is 0 Å². The molecular weight excluding hydrogens is 122 g/mol. The van der Waals surface area contributed by atoms with Crippen LogP contribution in [0.15, 0.2) is 23.3 Å². The summed E-state index contributed by atoms with van der Waals surface area (Å²) in [6.45, 7) is 4.28. The SMILES string of the molecule is CCC1=CC[C@@H](N)C(C)=C1. The highest BCUT2D eigenvalue weighted by Crippen LogP contribution is 2.17. The molecule has 0 aliphatic heterocycles. The van der Waals surface area contributed by atoms with Crippen LogP contribution in [0, 0.1) is 0 Å². The molecule has 1 rings (SSSR count). The summed E-state index contributed by atoms with van der Waals surface area (Å²) in [5.41, 5.74) is 8.53. The molecule has 0 fully saturated rings. The monoisotopic (exact) mass is 137 g/mol. The van der Waals surface area contributed by atoms with Crippen molar-refractivity contribution < 1.29 is 0 Å². The summed E-state index contributed by atoms with van der Waals surface area (Å²) in [4.78, 5) is 0. The van der Waals surface area contributed by atoms with Gasteiger partial charge in [-0.1, -0.05) is 30.2 Å². The van der Waals surface area contributed by atoms with Gasteiger partial charge in [0, 0.05) is 6.04 Å². The Morgan fingerprint density at radius 3 is 2.90 bits per heavy atom. The molecule has 1 aliphatic rings. The average Bonchev–Trinajstić information content (AvgIpc) is 1.95. The van der Waals surface area contributed by atoms with Gasteiger partial charge in [0.2, 0.25) is 0 Å². The number of hydrogen-bond acceptors (Lipinski definition) is 1. The van der Waals surface area contributed by atoms with E-state index < -0.39 is 0 Å². The molecular formula is C9H15N. The van der Waals surface area contributed by atoms with Crippen molar-refractivity contribution >= 4 is 0 Å². The third-order valence-corrected chi connectivity index (χ3v) is 2.04. The van der Waals surface area contributed by atoms with Gasteiger partial charge in [-0.05, 0) is 19.8 Å². The Bertz CT molecular complexity index is 177. The summed E-state index contributed by atoms with van der Waals surface area (Å²) in [5, 5.41) is 0. The van der Waals surface area contributed by atoms with E-state index in [9.17, 15) is 0 Å². The highest BCUT2D eigenvalue weighted by molar-refractivity contribution is 5.29. The van der Waals surface area contributed by atoms with Crippen LogP contribution in [0.5, 0.6) is 0 Å². The number of hydrogen-bond donors (Lipinski definition) is 1. The fourth-order valence-electron chi connectivity index (χ4n) is 1.17. The maximum atomic E-state index is 5.78. The lowest BCUT2D eigenvalue weighted by Gasteiger charge is -2.16. The van der Waals surface area contributed by atoms with E-state index in [2.05, 4.69) is 26.0 Å². The van der Waals surface area contributed by atoms with E-state index in [1.54, 1.807) is 0 Å². The summed E-state index contributed by atoms with van der Waals surface area (Å²) < 4.78 is 0. The summed E-state index contributed by atoms with van der Waals surface area (Å²) in [5.74, 6) is 0. The topological polar surface area (TPSA) is 26.0 Å². The van der Waals surface area contributed by atoms with Crippen LogP contribution in [-0.4, -0.2) is 6.04 Å². The second-order valence-electron chi connectivity index (χ2n) is 2.86. The molecule has 1 atom stereocenters. The first-order chi connectivity index (χ1) is 4.74. The summed E-state index contributed by atoms with van der Waals surface area (Å²) in [6, 6.07) is 0.273. The molecule has 0 unspecified atom stereocenters. The predicted octanol–water partition coefficient (Wildman–Crippen LogP) is 2.00. The van der Waals surface area contributed by atoms with Crippen LogP contribution in [-0.2, 0) is 0 Å². The van der Waals surface area contributed by atoms with E-state index in [1.165, 1.54) is 11.1 Å². The number of allylic oxidation sites excluding steroid dienone is 2. The van der Waals surface area contributed by atoms with Gasteiger partial charge in [-0.15, -0.1) is 0 Å². The first kappa shape index (κ1) is 7.55. The summed E-state index contributed by atoms with van der Waals surface area (Å²) in [7, 11) is 0. The lowest BCUT2D eigenvalue weighted by Crippen LogP contribution is -2.22. The maximum Gasteiger partial charge on any atom is 0.0289 e. The van der Waals surface area contributed by atoms with E-state index in [-0.39, 0.29) is 6.04 Å². The second kappa shape index (κ2) is 3.02. The van der Waals surface area contributed by atoms with Crippen LogP contribution in [0.4, 0.5) is 0 Å². The Kier molecular flexibility index (Phi) is 2.28. The fraction of sp³-hybridized carbons (Fsp3) is 0.556. The van der Waals surface area contributed by atoms with E-state index in [0.29, 0.717) is 0 Å². The number of rotatable bonds is 1. The molecule has 0 bridgehead atoms. The van der Waals surface area contributed by atoms with Gasteiger partial charge in [-0.2, -0.15) is 0 Å². The van der Waals surface area contributed by atoms with Crippen molar-refractivity contribution in [1.29, 1.82) is 0 Å². The minimum Gasteiger partial charge on any atom is -0.324 e. The summed E-state index contributed by atoms with van der Waals surface area (Å²) in [6.07, 6.45) is 6.58. The molecule has 0 saturated carbocycles. The highest BCUT2D eigenvalue weighted by Gasteiger charge is 2.07. The van der Waals surface area contributed by atoms with Gasteiger partial charge in [0.05, 0.1) is 0 Å². The van der Waals surface area contributed by atoms with Gasteiger partial charge >= 0.3 is 0 Å². The first-order valence-corrected chi connectivity index (χ1v) is 3.87. The molecule has 1 aliphatic carbocycles. The van der Waals surface area contributed by atoms with Gasteiger partial charge in [0.15, 0.2) is 0 Å². The van der Waals surface area contributed by atoms with E-state index in [4.69, 9.17) is 5.73 Å². The molecule has 2 N–H and O–H groups in total. The maximum absolute atomic E-state index is 5.78. The van der Waals surface area contributed by atoms with Crippen LogP contribution < -0.4 is 5.73 Å². The molecule has 0 heterocycles. The van der Waals surface area contributed by atoms with Crippen LogP contribution in [0.3, 0.4) is 0 Å². The van der Waals surface area contributed by atoms with E-state index in [0.717, 1.165) is 12.8 Å². The zero-order valence-electron chi connectivity index (χ0n) is 6.72. The Morgan fingerprint density at radius 2 is 2.40 bits per heavy atom. The van der Waals surface area contributed by atoms with Gasteiger partial charge in [-0.3, -0.25) is 0 Å². The highest BCUT2D eigenvalue weighted by atomic mass is 14.6. The molecule has 1 nitrogen and oxygen atoms in total. The van der Waals surface area contributed by atoms with Crippen molar-refractivity contribution in [1.82, 2.24) is 0 Å². The second-order valence-corrected chi connectivity index (χ2v) is 2.86. The lowest BCUT2D eigenvalue weighted by atomic mass is 9.95. The minimum absolute atomic E-state index is 0.273. The smallest absolute Gasteiger partial charge is 0.0289 e. The largest absolute Gasteiger partial charge is 0.324 e. The van der Waals surface area contributed by atoms with Crippen molar-refractivity contribution in [3.8, 4) is 0 Å². The molecule has 0 radical (unpaired) electrons. The average molecular weight is 137 g/mol. The molecule has 0 amide bonds. The van der Waals surface area contributed by atoms with Crippen molar-refractivity contribution in [2.24, 2.45) is 5.73 Å². The normalized spacial score (nSPS) is 25.7. The van der Waals surface area contributed by atoms with Crippen LogP contribution in [0.1, 0.15) is 26.7 Å². The molecule has 0 aromatic carbocycles. The third kappa shape index (κ3) is 1.48. The first-order valence-electron chi connectivity index (χ1n) is 3.87. The quantitative estimate of drug-likeness (QED) is 0.587. The number of nitrogens with two attached hydrogens (primary N) is 1. The third-order valence-electron chi connectivity index (χ3n) is 2.04. The molecule has 0 aromatic rings. The Labute approximate surface area is 62.6 Å². The fourth-order valence-corrected chi connectivity index (χ4v) is 1.17. The van der Waals surface area contributed by atoms with Gasteiger partial charge in [0.1, 0.15) is 0 Å². The molecule has 56 valence electrons. The predicted molar refractivity (Wildman–Crippen MR) is 44.7 cm³/mol. The van der Waals surface area contributed by atoms with Crippen molar-refractivity contribution in [3.63, 3.8) is 0 Å². The van der Waals surface area contributed by atoms with Crippen molar-refractivity contribution in [2.75, 3.05) is 0 Å². The van der Waals surface area contributed by atoms with Crippen LogP contribution in [0.25, 0.3) is 0 Å².